The zero-order valence-electron chi connectivity index (χ0n) is 21.6. The molecule has 2 heterocycles. The number of fused-ring (bicyclic) bond motifs is 1. The highest BCUT2D eigenvalue weighted by Gasteiger charge is 2.48. The number of hydrogen-bond acceptors (Lipinski definition) is 5. The summed E-state index contributed by atoms with van der Waals surface area (Å²) >= 11 is 0. The van der Waals surface area contributed by atoms with Crippen LogP contribution in [0.3, 0.4) is 0 Å². The molecule has 2 aliphatic heterocycles. The number of rotatable bonds is 6. The van der Waals surface area contributed by atoms with E-state index in [2.05, 4.69) is 5.32 Å². The van der Waals surface area contributed by atoms with Crippen LogP contribution in [0.4, 0.5) is 19.3 Å². The van der Waals surface area contributed by atoms with Crippen molar-refractivity contribution in [3.05, 3.63) is 53.1 Å². The molecule has 2 aromatic rings. The standard InChI is InChI=1S/C26H31F2N3O6S/c1-37-17-5-6-18-15(9-17)7-8-31(25(35)30-13-26(36,14-30)12-21(32)33)22(18)24(34)29-16-10-19(27)23(20(28)11-16)38(2,3)4/h5-6,9-11,22,36H,7-8,12-14H2,1-4H3,(H,29,34)(H,32,33)/t22-/m1/s1. The molecule has 3 amide bonds. The molecule has 12 heteroatoms. The lowest BCUT2D eigenvalue weighted by Crippen LogP contribution is -2.67. The summed E-state index contributed by atoms with van der Waals surface area (Å²) in [5.74, 6) is -2.80. The minimum absolute atomic E-state index is 0.0194. The third-order valence-corrected chi connectivity index (χ3v) is 8.29. The Bertz CT molecular complexity index is 1270. The molecule has 1 fully saturated rings. The van der Waals surface area contributed by atoms with Crippen molar-refractivity contribution < 1.29 is 38.1 Å². The fraction of sp³-hybridized carbons (Fsp3) is 0.423. The first-order chi connectivity index (χ1) is 17.7. The van der Waals surface area contributed by atoms with Gasteiger partial charge in [-0.1, -0.05) is 6.07 Å². The van der Waals surface area contributed by atoms with Gasteiger partial charge in [0.05, 0.1) is 31.5 Å². The highest BCUT2D eigenvalue weighted by molar-refractivity contribution is 8.32. The Kier molecular flexibility index (Phi) is 7.32. The quantitative estimate of drug-likeness (QED) is 0.507. The number of methoxy groups -OCH3 is 1. The van der Waals surface area contributed by atoms with Crippen LogP contribution in [0.2, 0.25) is 0 Å². The van der Waals surface area contributed by atoms with E-state index in [1.54, 1.807) is 37.0 Å². The summed E-state index contributed by atoms with van der Waals surface area (Å²) in [6.45, 7) is -0.225. The number of halogens is 2. The maximum atomic E-state index is 14.8. The van der Waals surface area contributed by atoms with Crippen molar-refractivity contribution in [3.63, 3.8) is 0 Å². The lowest BCUT2D eigenvalue weighted by molar-refractivity contribution is -0.150. The average Bonchev–Trinajstić information content (AvgIpc) is 2.78. The summed E-state index contributed by atoms with van der Waals surface area (Å²) in [4.78, 5) is 40.6. The van der Waals surface area contributed by atoms with E-state index in [-0.39, 0.29) is 30.2 Å². The number of carboxylic acids is 1. The monoisotopic (exact) mass is 551 g/mol. The van der Waals surface area contributed by atoms with E-state index in [1.807, 2.05) is 0 Å². The van der Waals surface area contributed by atoms with Crippen LogP contribution in [-0.4, -0.2) is 89.0 Å². The molecule has 0 bridgehead atoms. The van der Waals surface area contributed by atoms with Gasteiger partial charge in [0, 0.05) is 12.2 Å². The summed E-state index contributed by atoms with van der Waals surface area (Å²) < 4.78 is 34.9. The van der Waals surface area contributed by atoms with Crippen molar-refractivity contribution in [2.75, 3.05) is 50.8 Å². The zero-order valence-corrected chi connectivity index (χ0v) is 22.4. The van der Waals surface area contributed by atoms with Crippen molar-refractivity contribution in [1.82, 2.24) is 9.80 Å². The van der Waals surface area contributed by atoms with E-state index in [1.165, 1.54) is 16.9 Å². The highest BCUT2D eigenvalue weighted by atomic mass is 32.3. The van der Waals surface area contributed by atoms with Gasteiger partial charge < -0.3 is 30.1 Å². The van der Waals surface area contributed by atoms with Crippen molar-refractivity contribution in [1.29, 1.82) is 0 Å². The van der Waals surface area contributed by atoms with Crippen molar-refractivity contribution in [2.24, 2.45) is 0 Å². The maximum Gasteiger partial charge on any atom is 0.321 e. The van der Waals surface area contributed by atoms with Crippen LogP contribution >= 0.6 is 10.0 Å². The van der Waals surface area contributed by atoms with Gasteiger partial charge in [-0.2, -0.15) is 0 Å². The Morgan fingerprint density at radius 2 is 1.76 bits per heavy atom. The fourth-order valence-corrected chi connectivity index (χ4v) is 6.31. The summed E-state index contributed by atoms with van der Waals surface area (Å²) in [6.07, 6.45) is 5.19. The first-order valence-corrected chi connectivity index (χ1v) is 14.7. The summed E-state index contributed by atoms with van der Waals surface area (Å²) in [5, 5.41) is 21.9. The van der Waals surface area contributed by atoms with E-state index in [9.17, 15) is 28.3 Å². The number of nitrogens with zero attached hydrogens (tertiary/aromatic N) is 2. The molecule has 9 nitrogen and oxygen atoms in total. The number of β-amino-alcohol motifs (C(OH)–C–C–N with tert-alkyl or cyclic N) is 1. The zero-order chi connectivity index (χ0) is 28.0. The van der Waals surface area contributed by atoms with Crippen LogP contribution in [0.25, 0.3) is 0 Å². The van der Waals surface area contributed by atoms with E-state index in [0.717, 1.165) is 17.7 Å². The molecule has 0 spiro atoms. The van der Waals surface area contributed by atoms with Crippen LogP contribution in [0.15, 0.2) is 35.2 Å². The van der Waals surface area contributed by atoms with Crippen LogP contribution in [0.5, 0.6) is 5.75 Å². The molecule has 1 atom stereocenters. The summed E-state index contributed by atoms with van der Waals surface area (Å²) in [5.41, 5.74) is -0.304. The lowest BCUT2D eigenvalue weighted by Gasteiger charge is -2.49. The minimum Gasteiger partial charge on any atom is -0.497 e. The Labute approximate surface area is 220 Å². The Morgan fingerprint density at radius 3 is 2.32 bits per heavy atom. The predicted octanol–water partition coefficient (Wildman–Crippen LogP) is 3.21. The first kappa shape index (κ1) is 27.6. The second kappa shape index (κ2) is 10.1. The van der Waals surface area contributed by atoms with Crippen molar-refractivity contribution >= 4 is 33.6 Å². The molecule has 2 aromatic carbocycles. The Hall–Kier alpha value is -3.38. The van der Waals surface area contributed by atoms with Gasteiger partial charge in [-0.3, -0.25) is 9.59 Å². The number of ether oxygens (including phenoxy) is 1. The van der Waals surface area contributed by atoms with Gasteiger partial charge in [0.1, 0.15) is 29.0 Å². The van der Waals surface area contributed by atoms with Crippen molar-refractivity contribution in [3.8, 4) is 5.75 Å². The normalized spacial score (nSPS) is 18.8. The number of aliphatic carboxylic acids is 1. The number of nitrogens with one attached hydrogen (secondary N) is 1. The molecule has 3 N–H and O–H groups in total. The number of carbonyl (C=O) groups is 3. The number of aliphatic hydroxyl groups is 1. The van der Waals surface area contributed by atoms with Crippen molar-refractivity contribution in [2.45, 2.75) is 29.4 Å². The van der Waals surface area contributed by atoms with Gasteiger partial charge >= 0.3 is 12.0 Å². The van der Waals surface area contributed by atoms with E-state index in [0.29, 0.717) is 17.7 Å². The van der Waals surface area contributed by atoms with Gasteiger partial charge in [0.25, 0.3) is 5.91 Å². The third-order valence-electron chi connectivity index (χ3n) is 6.67. The van der Waals surface area contributed by atoms with Gasteiger partial charge in [-0.25, -0.2) is 23.6 Å². The average molecular weight is 552 g/mol. The molecule has 0 radical (unpaired) electrons. The maximum absolute atomic E-state index is 14.8. The predicted molar refractivity (Wildman–Crippen MR) is 139 cm³/mol. The Balaban J connectivity index is 1.64. The topological polar surface area (TPSA) is 119 Å². The number of carbonyl (C=O) groups excluding carboxylic acids is 2. The molecule has 38 heavy (non-hydrogen) atoms. The molecule has 2 aliphatic rings. The lowest BCUT2D eigenvalue weighted by atomic mass is 9.89. The van der Waals surface area contributed by atoms with Gasteiger partial charge in [-0.05, 0) is 60.6 Å². The minimum atomic E-state index is -1.71. The second-order valence-electron chi connectivity index (χ2n) is 10.4. The van der Waals surface area contributed by atoms with Gasteiger partial charge in [0.15, 0.2) is 0 Å². The Morgan fingerprint density at radius 1 is 1.13 bits per heavy atom. The van der Waals surface area contributed by atoms with Crippen LogP contribution in [0, 0.1) is 11.6 Å². The first-order valence-electron chi connectivity index (χ1n) is 11.9. The highest BCUT2D eigenvalue weighted by Crippen LogP contribution is 2.48. The van der Waals surface area contributed by atoms with Gasteiger partial charge in [0.2, 0.25) is 0 Å². The molecule has 0 aliphatic carbocycles. The molecule has 206 valence electrons. The molecule has 0 unspecified atom stereocenters. The molecule has 1 saturated heterocycles. The fourth-order valence-electron chi connectivity index (χ4n) is 5.02. The number of carboxylic acid groups (broad SMARTS) is 1. The van der Waals surface area contributed by atoms with Crippen LogP contribution in [0.1, 0.15) is 23.6 Å². The number of benzene rings is 2. The smallest absolute Gasteiger partial charge is 0.321 e. The number of hydrogen-bond donors (Lipinski definition) is 3. The number of likely N-dealkylation sites (tertiary alicyclic amines) is 1. The molecule has 4 rings (SSSR count). The molecule has 0 aromatic heterocycles. The molecular weight excluding hydrogens is 520 g/mol. The van der Waals surface area contributed by atoms with E-state index < -0.39 is 57.6 Å². The third kappa shape index (κ3) is 5.41. The van der Waals surface area contributed by atoms with Crippen LogP contribution < -0.4 is 10.1 Å². The SMILES string of the molecule is COc1ccc2c(c1)CCN(C(=O)N1CC(O)(CC(=O)O)C1)[C@H]2C(=O)Nc1cc(F)c(S(C)(C)C)c(F)c1. The van der Waals surface area contributed by atoms with Crippen LogP contribution in [-0.2, 0) is 16.0 Å². The molecule has 0 saturated carbocycles. The summed E-state index contributed by atoms with van der Waals surface area (Å²) in [7, 11) is -0.197. The van der Waals surface area contributed by atoms with Gasteiger partial charge in [-0.15, -0.1) is 0 Å². The number of amides is 3. The van der Waals surface area contributed by atoms with E-state index in [4.69, 9.17) is 9.84 Å². The number of anilines is 1. The van der Waals surface area contributed by atoms with E-state index >= 15 is 0 Å². The largest absolute Gasteiger partial charge is 0.497 e. The summed E-state index contributed by atoms with van der Waals surface area (Å²) in [6, 6.07) is 5.55. The number of urea groups is 1. The molecular formula is C26H31F2N3O6S. The second-order valence-corrected chi connectivity index (χ2v) is 14.5.